The molecule has 0 aliphatic carbocycles. The molecule has 0 fully saturated rings. The largest absolute Gasteiger partial charge is 0.492 e. The Bertz CT molecular complexity index is 621. The molecule has 0 radical (unpaired) electrons. The van der Waals surface area contributed by atoms with Gasteiger partial charge in [-0.1, -0.05) is 12.1 Å². The highest BCUT2D eigenvalue weighted by molar-refractivity contribution is 9.10. The lowest BCUT2D eigenvalue weighted by Gasteiger charge is -2.07. The van der Waals surface area contributed by atoms with Crippen molar-refractivity contribution < 1.29 is 13.9 Å². The molecule has 0 aliphatic heterocycles. The molecule has 0 saturated heterocycles. The number of oxazole rings is 1. The molecule has 0 spiro atoms. The molecular formula is C16H19BrN2O3. The van der Waals surface area contributed by atoms with Crippen LogP contribution in [0.4, 0.5) is 0 Å². The van der Waals surface area contributed by atoms with Gasteiger partial charge in [0.25, 0.3) is 0 Å². The lowest BCUT2D eigenvalue weighted by molar-refractivity contribution is -0.121. The van der Waals surface area contributed by atoms with Crippen molar-refractivity contribution in [2.75, 3.05) is 6.61 Å². The Labute approximate surface area is 138 Å². The number of carbonyl (C=O) groups is 1. The van der Waals surface area contributed by atoms with Crippen LogP contribution in [0.25, 0.3) is 0 Å². The molecule has 0 unspecified atom stereocenters. The van der Waals surface area contributed by atoms with Crippen LogP contribution in [0, 0.1) is 13.8 Å². The molecule has 5 nitrogen and oxygen atoms in total. The maximum Gasteiger partial charge on any atom is 0.220 e. The number of halogens is 1. The second kappa shape index (κ2) is 7.98. The first-order chi connectivity index (χ1) is 10.6. The Hall–Kier alpha value is -1.82. The third-order valence-corrected chi connectivity index (χ3v) is 3.81. The summed E-state index contributed by atoms with van der Waals surface area (Å²) in [5.74, 6) is 2.07. The minimum Gasteiger partial charge on any atom is -0.492 e. The first-order valence-electron chi connectivity index (χ1n) is 7.13. The predicted octanol–water partition coefficient (Wildman–Crippen LogP) is 3.53. The molecule has 1 heterocycles. The lowest BCUT2D eigenvalue weighted by Crippen LogP contribution is -2.23. The highest BCUT2D eigenvalue weighted by Crippen LogP contribution is 2.23. The number of aryl methyl sites for hydroxylation is 2. The van der Waals surface area contributed by atoms with Gasteiger partial charge in [-0.25, -0.2) is 4.98 Å². The molecule has 22 heavy (non-hydrogen) atoms. The zero-order valence-corrected chi connectivity index (χ0v) is 14.3. The Morgan fingerprint density at radius 3 is 2.82 bits per heavy atom. The number of benzene rings is 1. The van der Waals surface area contributed by atoms with Crippen LogP contribution in [-0.2, 0) is 11.3 Å². The van der Waals surface area contributed by atoms with Crippen LogP contribution in [0.15, 0.2) is 33.2 Å². The normalized spacial score (nSPS) is 10.5. The quantitative estimate of drug-likeness (QED) is 0.761. The molecule has 1 amide bonds. The van der Waals surface area contributed by atoms with E-state index in [9.17, 15) is 4.79 Å². The number of carbonyl (C=O) groups excluding carboxylic acids is 1. The summed E-state index contributed by atoms with van der Waals surface area (Å²) < 4.78 is 11.9. The summed E-state index contributed by atoms with van der Waals surface area (Å²) in [5.41, 5.74) is 0.853. The highest BCUT2D eigenvalue weighted by atomic mass is 79.9. The molecule has 1 N–H and O–H groups in total. The maximum atomic E-state index is 11.7. The molecular weight excluding hydrogens is 348 g/mol. The van der Waals surface area contributed by atoms with Crippen LogP contribution in [0.5, 0.6) is 5.75 Å². The van der Waals surface area contributed by atoms with Crippen LogP contribution in [0.2, 0.25) is 0 Å². The van der Waals surface area contributed by atoms with Crippen LogP contribution < -0.4 is 10.1 Å². The number of hydrogen-bond donors (Lipinski definition) is 1. The van der Waals surface area contributed by atoms with Gasteiger partial charge in [-0.15, -0.1) is 0 Å². The molecule has 2 aromatic rings. The number of aromatic nitrogens is 1. The second-order valence-electron chi connectivity index (χ2n) is 4.91. The standard InChI is InChI=1S/C16H19BrN2O3/c1-11-12(2)22-16(19-11)10-18-15(20)8-5-9-21-14-7-4-3-6-13(14)17/h3-4,6-7H,5,8-10H2,1-2H3,(H,18,20). The van der Waals surface area contributed by atoms with Gasteiger partial charge in [0.15, 0.2) is 0 Å². The topological polar surface area (TPSA) is 64.4 Å². The zero-order chi connectivity index (χ0) is 15.9. The van der Waals surface area contributed by atoms with Crippen molar-refractivity contribution in [1.82, 2.24) is 10.3 Å². The first-order valence-corrected chi connectivity index (χ1v) is 7.92. The van der Waals surface area contributed by atoms with E-state index in [1.165, 1.54) is 0 Å². The smallest absolute Gasteiger partial charge is 0.220 e. The van der Waals surface area contributed by atoms with Crippen molar-refractivity contribution in [3.63, 3.8) is 0 Å². The molecule has 1 aromatic carbocycles. The summed E-state index contributed by atoms with van der Waals surface area (Å²) in [6.45, 7) is 4.54. The Morgan fingerprint density at radius 1 is 1.36 bits per heavy atom. The van der Waals surface area contributed by atoms with Gasteiger partial charge in [0.05, 0.1) is 23.3 Å². The van der Waals surface area contributed by atoms with Crippen molar-refractivity contribution in [2.24, 2.45) is 0 Å². The molecule has 0 atom stereocenters. The van der Waals surface area contributed by atoms with Crippen molar-refractivity contribution in [1.29, 1.82) is 0 Å². The first kappa shape index (κ1) is 16.5. The fourth-order valence-corrected chi connectivity index (χ4v) is 2.25. The third kappa shape index (κ3) is 4.87. The van der Waals surface area contributed by atoms with E-state index in [-0.39, 0.29) is 5.91 Å². The molecule has 0 bridgehead atoms. The van der Waals surface area contributed by atoms with Gasteiger partial charge in [-0.2, -0.15) is 0 Å². The number of hydrogen-bond acceptors (Lipinski definition) is 4. The molecule has 118 valence electrons. The van der Waals surface area contributed by atoms with Gasteiger partial charge in [-0.3, -0.25) is 4.79 Å². The van der Waals surface area contributed by atoms with Crippen LogP contribution in [-0.4, -0.2) is 17.5 Å². The van der Waals surface area contributed by atoms with Gasteiger partial charge in [0, 0.05) is 6.42 Å². The van der Waals surface area contributed by atoms with Gasteiger partial charge in [0.1, 0.15) is 11.5 Å². The van der Waals surface area contributed by atoms with Crippen LogP contribution in [0.3, 0.4) is 0 Å². The van der Waals surface area contributed by atoms with E-state index in [0.717, 1.165) is 21.7 Å². The molecule has 0 aliphatic rings. The van der Waals surface area contributed by atoms with E-state index in [4.69, 9.17) is 9.15 Å². The number of nitrogens with zero attached hydrogens (tertiary/aromatic N) is 1. The van der Waals surface area contributed by atoms with Gasteiger partial charge in [0.2, 0.25) is 11.8 Å². The lowest BCUT2D eigenvalue weighted by atomic mass is 10.3. The molecule has 2 rings (SSSR count). The Morgan fingerprint density at radius 2 is 2.14 bits per heavy atom. The van der Waals surface area contributed by atoms with Crippen molar-refractivity contribution in [2.45, 2.75) is 33.2 Å². The van der Waals surface area contributed by atoms with E-state index in [2.05, 4.69) is 26.2 Å². The summed E-state index contributed by atoms with van der Waals surface area (Å²) in [7, 11) is 0. The third-order valence-electron chi connectivity index (χ3n) is 3.15. The van der Waals surface area contributed by atoms with E-state index < -0.39 is 0 Å². The van der Waals surface area contributed by atoms with Gasteiger partial charge < -0.3 is 14.5 Å². The number of ether oxygens (including phenoxy) is 1. The van der Waals surface area contributed by atoms with Gasteiger partial charge >= 0.3 is 0 Å². The van der Waals surface area contributed by atoms with E-state index >= 15 is 0 Å². The average Bonchev–Trinajstić information content (AvgIpc) is 2.82. The minimum absolute atomic E-state index is 0.0377. The summed E-state index contributed by atoms with van der Waals surface area (Å²) in [6, 6.07) is 7.64. The number of rotatable bonds is 7. The fourth-order valence-electron chi connectivity index (χ4n) is 1.85. The predicted molar refractivity (Wildman–Crippen MR) is 86.7 cm³/mol. The minimum atomic E-state index is -0.0377. The van der Waals surface area contributed by atoms with E-state index in [1.54, 1.807) is 0 Å². The van der Waals surface area contributed by atoms with Gasteiger partial charge in [-0.05, 0) is 48.3 Å². The zero-order valence-electron chi connectivity index (χ0n) is 12.7. The summed E-state index contributed by atoms with van der Waals surface area (Å²) in [6.07, 6.45) is 1.06. The van der Waals surface area contributed by atoms with Crippen LogP contribution >= 0.6 is 15.9 Å². The monoisotopic (exact) mass is 366 g/mol. The molecule has 0 saturated carbocycles. The van der Waals surface area contributed by atoms with E-state index in [0.29, 0.717) is 31.9 Å². The molecule has 1 aromatic heterocycles. The van der Waals surface area contributed by atoms with Crippen LogP contribution in [0.1, 0.15) is 30.2 Å². The van der Waals surface area contributed by atoms with Crippen molar-refractivity contribution in [3.8, 4) is 5.75 Å². The SMILES string of the molecule is Cc1nc(CNC(=O)CCCOc2ccccc2Br)oc1C. The number of para-hydroxylation sites is 1. The molecule has 6 heteroatoms. The van der Waals surface area contributed by atoms with Crippen molar-refractivity contribution in [3.05, 3.63) is 46.1 Å². The summed E-state index contributed by atoms with van der Waals surface area (Å²) in [5, 5.41) is 2.79. The Balaban J connectivity index is 1.65. The summed E-state index contributed by atoms with van der Waals surface area (Å²) in [4.78, 5) is 16.0. The summed E-state index contributed by atoms with van der Waals surface area (Å²) >= 11 is 3.41. The number of nitrogens with one attached hydrogen (secondary N) is 1. The Kier molecular flexibility index (Phi) is 6.00. The fraction of sp³-hybridized carbons (Fsp3) is 0.375. The maximum absolute atomic E-state index is 11.7. The average molecular weight is 367 g/mol. The second-order valence-corrected chi connectivity index (χ2v) is 5.76. The highest BCUT2D eigenvalue weighted by Gasteiger charge is 2.07. The van der Waals surface area contributed by atoms with E-state index in [1.807, 2.05) is 38.1 Å². The van der Waals surface area contributed by atoms with Crippen molar-refractivity contribution >= 4 is 21.8 Å². The number of amides is 1.